The average molecular weight is 500 g/mol. The Morgan fingerprint density at radius 1 is 1.23 bits per heavy atom. The minimum Gasteiger partial charge on any atom is -0.414 e. The smallest absolute Gasteiger partial charge is 0.414 e. The molecule has 0 bridgehead atoms. The molecular formula is C27H31F2N3O2S. The van der Waals surface area contributed by atoms with E-state index >= 15 is 4.39 Å². The number of hydrogen-bond donors (Lipinski definition) is 1. The summed E-state index contributed by atoms with van der Waals surface area (Å²) in [5.74, 6) is 0. The number of aryl methyl sites for hydroxylation is 2. The van der Waals surface area contributed by atoms with Gasteiger partial charge in [-0.2, -0.15) is 4.39 Å². The molecule has 4 rings (SSSR count). The number of alkyl halides is 1. The second-order valence-electron chi connectivity index (χ2n) is 9.70. The van der Waals surface area contributed by atoms with Gasteiger partial charge in [-0.3, -0.25) is 15.2 Å². The predicted molar refractivity (Wildman–Crippen MR) is 135 cm³/mol. The summed E-state index contributed by atoms with van der Waals surface area (Å²) in [4.78, 5) is 20.0. The molecule has 1 amide bonds. The van der Waals surface area contributed by atoms with Crippen molar-refractivity contribution >= 4 is 23.1 Å². The number of rotatable bonds is 8. The summed E-state index contributed by atoms with van der Waals surface area (Å²) in [6.07, 6.45) is 0.688. The summed E-state index contributed by atoms with van der Waals surface area (Å²) in [6, 6.07) is 16.0. The largest absolute Gasteiger partial charge is 0.414 e. The van der Waals surface area contributed by atoms with Gasteiger partial charge in [0.2, 0.25) is 6.36 Å². The first-order chi connectivity index (χ1) is 16.7. The highest BCUT2D eigenvalue weighted by atomic mass is 32.1. The van der Waals surface area contributed by atoms with Crippen LogP contribution >= 0.6 is 11.3 Å². The van der Waals surface area contributed by atoms with Crippen LogP contribution in [0.3, 0.4) is 0 Å². The molecule has 186 valence electrons. The van der Waals surface area contributed by atoms with Gasteiger partial charge < -0.3 is 4.74 Å². The Bertz CT molecular complexity index is 1140. The van der Waals surface area contributed by atoms with Crippen molar-refractivity contribution in [1.82, 2.24) is 9.88 Å². The molecule has 35 heavy (non-hydrogen) atoms. The summed E-state index contributed by atoms with van der Waals surface area (Å²) < 4.78 is 34.7. The van der Waals surface area contributed by atoms with Crippen LogP contribution in [-0.2, 0) is 16.7 Å². The monoisotopic (exact) mass is 499 g/mol. The van der Waals surface area contributed by atoms with Crippen LogP contribution in [0, 0.1) is 17.5 Å². The normalized spacial score (nSPS) is 19.5. The summed E-state index contributed by atoms with van der Waals surface area (Å²) in [5.41, 5.74) is 1.21. The fourth-order valence-corrected chi connectivity index (χ4v) is 5.36. The third-order valence-corrected chi connectivity index (χ3v) is 7.94. The minimum atomic E-state index is -1.81. The maximum atomic E-state index is 15.8. The van der Waals surface area contributed by atoms with E-state index in [0.29, 0.717) is 38.0 Å². The van der Waals surface area contributed by atoms with Gasteiger partial charge in [0.25, 0.3) is 0 Å². The zero-order valence-corrected chi connectivity index (χ0v) is 21.1. The molecule has 1 unspecified atom stereocenters. The maximum absolute atomic E-state index is 15.8. The van der Waals surface area contributed by atoms with Crippen LogP contribution in [0.5, 0.6) is 0 Å². The molecule has 1 N–H and O–H groups in total. The number of nitrogens with one attached hydrogen (secondary N) is 1. The number of pyridine rings is 1. The molecule has 1 saturated heterocycles. The van der Waals surface area contributed by atoms with Crippen molar-refractivity contribution in [3.63, 3.8) is 0 Å². The Kier molecular flexibility index (Phi) is 7.52. The number of anilines is 1. The molecule has 1 aliphatic heterocycles. The number of benzene rings is 1. The van der Waals surface area contributed by atoms with Crippen LogP contribution in [0.15, 0.2) is 60.8 Å². The number of carbonyl (C=O) groups excluding carboxylic acids is 1. The molecule has 0 saturated carbocycles. The number of para-hydroxylation sites is 1. The number of likely N-dealkylation sites (tertiary alicyclic amines) is 1. The number of nitrogens with zero attached hydrogens (tertiary/aromatic N) is 2. The molecule has 0 radical (unpaired) electrons. The molecule has 0 aliphatic carbocycles. The Balaban J connectivity index is 1.52. The number of ether oxygens (including phenoxy) is 1. The van der Waals surface area contributed by atoms with E-state index in [-0.39, 0.29) is 10.7 Å². The predicted octanol–water partition coefficient (Wildman–Crippen LogP) is 6.69. The molecule has 3 heterocycles. The van der Waals surface area contributed by atoms with Crippen LogP contribution in [0.4, 0.5) is 19.3 Å². The first-order valence-corrected chi connectivity index (χ1v) is 12.6. The highest BCUT2D eigenvalue weighted by Crippen LogP contribution is 2.45. The molecule has 1 fully saturated rings. The van der Waals surface area contributed by atoms with E-state index < -0.39 is 17.9 Å². The quantitative estimate of drug-likeness (QED) is 0.375. The standard InChI is InChI=1S/C27H31F2N3O2S/c1-19-9-10-20(17-30-19)26(2,3)32-16-15-27(18-32,14-13-22-11-12-23(28)35-22)24(29)34-25(33)31-21-7-5-4-6-8-21/h4-12,17,24H,13-16,18H2,1-3H3,(H,31,33)/t24-,27?/m0/s1. The van der Waals surface area contributed by atoms with Crippen LogP contribution in [0.2, 0.25) is 0 Å². The van der Waals surface area contributed by atoms with E-state index in [9.17, 15) is 9.18 Å². The summed E-state index contributed by atoms with van der Waals surface area (Å²) >= 11 is 1.07. The molecule has 1 aliphatic rings. The molecule has 8 heteroatoms. The molecular weight excluding hydrogens is 468 g/mol. The Morgan fingerprint density at radius 3 is 2.66 bits per heavy atom. The lowest BCUT2D eigenvalue weighted by Crippen LogP contribution is -2.45. The average Bonchev–Trinajstić information content (AvgIpc) is 3.46. The van der Waals surface area contributed by atoms with Gasteiger partial charge >= 0.3 is 6.09 Å². The second kappa shape index (κ2) is 10.4. The lowest BCUT2D eigenvalue weighted by molar-refractivity contribution is -0.0797. The molecule has 2 aromatic heterocycles. The maximum Gasteiger partial charge on any atom is 0.414 e. The van der Waals surface area contributed by atoms with E-state index in [1.54, 1.807) is 30.3 Å². The Labute approximate surface area is 209 Å². The number of amides is 1. The van der Waals surface area contributed by atoms with Gasteiger partial charge in [-0.25, -0.2) is 9.18 Å². The SMILES string of the molecule is Cc1ccc(C(C)(C)N2CCC(CCc3ccc(F)s3)([C@@H](F)OC(=O)Nc3ccccc3)C2)cn1. The van der Waals surface area contributed by atoms with Crippen molar-refractivity contribution in [2.75, 3.05) is 18.4 Å². The lowest BCUT2D eigenvalue weighted by atomic mass is 9.81. The van der Waals surface area contributed by atoms with Crippen LogP contribution in [0.1, 0.15) is 42.8 Å². The zero-order valence-electron chi connectivity index (χ0n) is 20.3. The number of aromatic nitrogens is 1. The lowest BCUT2D eigenvalue weighted by Gasteiger charge is -2.38. The van der Waals surface area contributed by atoms with Gasteiger partial charge in [0.15, 0.2) is 5.13 Å². The first-order valence-electron chi connectivity index (χ1n) is 11.8. The van der Waals surface area contributed by atoms with Crippen LogP contribution in [-0.4, -0.2) is 35.4 Å². The van der Waals surface area contributed by atoms with E-state index in [4.69, 9.17) is 4.74 Å². The second-order valence-corrected chi connectivity index (χ2v) is 10.8. The highest BCUT2D eigenvalue weighted by Gasteiger charge is 2.50. The van der Waals surface area contributed by atoms with Gasteiger partial charge in [-0.15, -0.1) is 11.3 Å². The number of hydrogen-bond acceptors (Lipinski definition) is 5. The van der Waals surface area contributed by atoms with E-state index in [1.165, 1.54) is 6.07 Å². The zero-order chi connectivity index (χ0) is 25.1. The fraction of sp³-hybridized carbons (Fsp3) is 0.407. The number of thiophene rings is 1. The van der Waals surface area contributed by atoms with E-state index in [2.05, 4.69) is 29.0 Å². The van der Waals surface area contributed by atoms with Crippen molar-refractivity contribution in [2.45, 2.75) is 51.9 Å². The van der Waals surface area contributed by atoms with Gasteiger partial charge in [0, 0.05) is 34.5 Å². The van der Waals surface area contributed by atoms with Gasteiger partial charge in [-0.1, -0.05) is 24.3 Å². The first kappa shape index (κ1) is 25.3. The Morgan fingerprint density at radius 2 is 2.00 bits per heavy atom. The Hall–Kier alpha value is -2.84. The number of carbonyl (C=O) groups is 1. The van der Waals surface area contributed by atoms with Crippen molar-refractivity contribution in [3.05, 3.63) is 82.1 Å². The molecule has 2 atom stereocenters. The van der Waals surface area contributed by atoms with Gasteiger partial charge in [0.1, 0.15) is 0 Å². The van der Waals surface area contributed by atoms with Crippen molar-refractivity contribution < 1.29 is 18.3 Å². The van der Waals surface area contributed by atoms with Crippen LogP contribution < -0.4 is 5.32 Å². The summed E-state index contributed by atoms with van der Waals surface area (Å²) in [7, 11) is 0. The van der Waals surface area contributed by atoms with Crippen molar-refractivity contribution in [1.29, 1.82) is 0 Å². The topological polar surface area (TPSA) is 54.5 Å². The summed E-state index contributed by atoms with van der Waals surface area (Å²) in [5, 5.41) is 2.33. The molecule has 3 aromatic rings. The molecule has 5 nitrogen and oxygen atoms in total. The van der Waals surface area contributed by atoms with Crippen LogP contribution in [0.25, 0.3) is 0 Å². The third-order valence-electron chi connectivity index (χ3n) is 7.00. The molecule has 1 aromatic carbocycles. The van der Waals surface area contributed by atoms with Crippen molar-refractivity contribution in [3.8, 4) is 0 Å². The third kappa shape index (κ3) is 5.87. The van der Waals surface area contributed by atoms with Crippen molar-refractivity contribution in [2.24, 2.45) is 5.41 Å². The van der Waals surface area contributed by atoms with E-state index in [1.807, 2.05) is 31.3 Å². The van der Waals surface area contributed by atoms with Gasteiger partial charge in [0.05, 0.1) is 5.41 Å². The summed E-state index contributed by atoms with van der Waals surface area (Å²) in [6.45, 7) is 7.18. The minimum absolute atomic E-state index is 0.259. The molecule has 0 spiro atoms. The van der Waals surface area contributed by atoms with E-state index in [0.717, 1.165) is 27.5 Å². The fourth-order valence-electron chi connectivity index (χ4n) is 4.63. The highest BCUT2D eigenvalue weighted by molar-refractivity contribution is 7.10. The van der Waals surface area contributed by atoms with Gasteiger partial charge in [-0.05, 0) is 82.5 Å². The number of halogens is 2.